The molecular weight excluding hydrogens is 373 g/mol. The predicted molar refractivity (Wildman–Crippen MR) is 128 cm³/mol. The molecule has 0 aliphatic carbocycles. The summed E-state index contributed by atoms with van der Waals surface area (Å²) >= 11 is 0. The van der Waals surface area contributed by atoms with E-state index in [0.717, 1.165) is 29.8 Å². The fraction of sp³-hybridized carbons (Fsp3) is 0.739. The number of hydrogen-bond donors (Lipinski definition) is 0. The van der Waals surface area contributed by atoms with E-state index in [1.54, 1.807) is 0 Å². The molecular formula is C23H39B3O4. The molecule has 3 fully saturated rings. The van der Waals surface area contributed by atoms with Gasteiger partial charge >= 0.3 is 14.2 Å². The maximum atomic E-state index is 5.54. The Balaban J connectivity index is 0.000000128. The zero-order chi connectivity index (χ0) is 21.9. The SMILES string of the molecule is CB1C2CCCC1CCC2.CB1OC(C)(C)C(C)(C)O1.CB1Oc2ccccc2O1. The summed E-state index contributed by atoms with van der Waals surface area (Å²) in [6.07, 6.45) is 9.21. The van der Waals surface area contributed by atoms with Crippen molar-refractivity contribution in [2.45, 2.75) is 110 Å². The second-order valence-corrected chi connectivity index (χ2v) is 10.3. The number of hydrogen-bond acceptors (Lipinski definition) is 4. The molecule has 0 unspecified atom stereocenters. The first-order valence-corrected chi connectivity index (χ1v) is 11.9. The van der Waals surface area contributed by atoms with Crippen LogP contribution in [0.25, 0.3) is 0 Å². The first-order valence-electron chi connectivity index (χ1n) is 11.9. The molecule has 0 amide bonds. The fourth-order valence-electron chi connectivity index (χ4n) is 5.17. The summed E-state index contributed by atoms with van der Waals surface area (Å²) in [6, 6.07) is 7.66. The van der Waals surface area contributed by atoms with Crippen LogP contribution in [0.4, 0.5) is 0 Å². The molecule has 0 N–H and O–H groups in total. The highest BCUT2D eigenvalue weighted by Crippen LogP contribution is 2.46. The summed E-state index contributed by atoms with van der Waals surface area (Å²) in [6.45, 7) is 15.6. The van der Waals surface area contributed by atoms with Crippen molar-refractivity contribution >= 4 is 20.9 Å². The van der Waals surface area contributed by atoms with Crippen molar-refractivity contribution in [2.24, 2.45) is 0 Å². The molecule has 1 aromatic rings. The maximum Gasteiger partial charge on any atom is 0.591 e. The van der Waals surface area contributed by atoms with Crippen LogP contribution >= 0.6 is 0 Å². The summed E-state index contributed by atoms with van der Waals surface area (Å²) in [7, 11) is -0.192. The lowest BCUT2D eigenvalue weighted by Gasteiger charge is -2.38. The van der Waals surface area contributed by atoms with Gasteiger partial charge in [-0.15, -0.1) is 0 Å². The van der Waals surface area contributed by atoms with Crippen molar-refractivity contribution < 1.29 is 18.6 Å². The quantitative estimate of drug-likeness (QED) is 0.456. The molecule has 3 saturated heterocycles. The third-order valence-corrected chi connectivity index (χ3v) is 7.59. The van der Waals surface area contributed by atoms with Crippen LogP contribution in [-0.2, 0) is 9.31 Å². The average molecular weight is 412 g/mol. The lowest BCUT2D eigenvalue weighted by molar-refractivity contribution is 0.00578. The van der Waals surface area contributed by atoms with E-state index in [2.05, 4.69) is 34.5 Å². The van der Waals surface area contributed by atoms with E-state index < -0.39 is 0 Å². The van der Waals surface area contributed by atoms with E-state index in [-0.39, 0.29) is 25.4 Å². The summed E-state index contributed by atoms with van der Waals surface area (Å²) in [5.74, 6) is 3.92. The Morgan fingerprint density at radius 2 is 1.10 bits per heavy atom. The van der Waals surface area contributed by atoms with Gasteiger partial charge in [-0.3, -0.25) is 0 Å². The largest absolute Gasteiger partial charge is 0.591 e. The monoisotopic (exact) mass is 412 g/mol. The molecule has 0 atom stereocenters. The summed E-state index contributed by atoms with van der Waals surface area (Å²) in [5.41, 5.74) is -0.321. The Labute approximate surface area is 185 Å². The van der Waals surface area contributed by atoms with E-state index in [1.807, 2.05) is 37.9 Å². The molecule has 0 aromatic heterocycles. The Morgan fingerprint density at radius 3 is 1.40 bits per heavy atom. The van der Waals surface area contributed by atoms with Gasteiger partial charge in [0, 0.05) is 0 Å². The van der Waals surface area contributed by atoms with Gasteiger partial charge in [-0.25, -0.2) is 0 Å². The minimum atomic E-state index is -0.160. The van der Waals surface area contributed by atoms with Gasteiger partial charge in [-0.05, 0) is 53.5 Å². The molecule has 4 aliphatic rings. The van der Waals surface area contributed by atoms with Gasteiger partial charge in [-0.1, -0.05) is 69.1 Å². The highest BCUT2D eigenvalue weighted by atomic mass is 16.7. The van der Waals surface area contributed by atoms with Gasteiger partial charge in [0.1, 0.15) is 18.2 Å². The van der Waals surface area contributed by atoms with Gasteiger partial charge in [0.05, 0.1) is 11.2 Å². The van der Waals surface area contributed by atoms with Gasteiger partial charge in [0.15, 0.2) is 0 Å². The highest BCUT2D eigenvalue weighted by molar-refractivity contribution is 6.61. The lowest BCUT2D eigenvalue weighted by Crippen LogP contribution is -2.41. The van der Waals surface area contributed by atoms with Gasteiger partial charge in [0.2, 0.25) is 0 Å². The van der Waals surface area contributed by atoms with Crippen LogP contribution in [0.5, 0.6) is 11.5 Å². The van der Waals surface area contributed by atoms with E-state index in [0.29, 0.717) is 0 Å². The zero-order valence-electron chi connectivity index (χ0n) is 20.1. The minimum Gasteiger partial charge on any atom is -0.523 e. The topological polar surface area (TPSA) is 36.9 Å². The highest BCUT2D eigenvalue weighted by Gasteiger charge is 2.48. The fourth-order valence-corrected chi connectivity index (χ4v) is 5.17. The summed E-state index contributed by atoms with van der Waals surface area (Å²) < 4.78 is 21.7. The van der Waals surface area contributed by atoms with Gasteiger partial charge < -0.3 is 18.6 Å². The Morgan fingerprint density at radius 1 is 0.700 bits per heavy atom. The van der Waals surface area contributed by atoms with Crippen LogP contribution in [-0.4, -0.2) is 32.2 Å². The number of benzene rings is 1. The molecule has 0 saturated carbocycles. The Kier molecular flexibility index (Phi) is 7.55. The van der Waals surface area contributed by atoms with E-state index in [9.17, 15) is 0 Å². The van der Waals surface area contributed by atoms with Gasteiger partial charge in [0.25, 0.3) is 0 Å². The third kappa shape index (κ3) is 5.59. The zero-order valence-corrected chi connectivity index (χ0v) is 20.1. The van der Waals surface area contributed by atoms with E-state index in [1.165, 1.54) is 38.5 Å². The van der Waals surface area contributed by atoms with Gasteiger partial charge in [-0.2, -0.15) is 0 Å². The minimum absolute atomic E-state index is 0.0648. The summed E-state index contributed by atoms with van der Waals surface area (Å²) in [4.78, 5) is 0. The first kappa shape index (κ1) is 23.6. The van der Waals surface area contributed by atoms with Crippen LogP contribution in [0.15, 0.2) is 24.3 Å². The summed E-state index contributed by atoms with van der Waals surface area (Å²) in [5, 5.41) is 0. The molecule has 4 nitrogen and oxygen atoms in total. The van der Waals surface area contributed by atoms with E-state index in [4.69, 9.17) is 18.6 Å². The normalized spacial score (nSPS) is 27.6. The first-order chi connectivity index (χ1) is 14.1. The number of rotatable bonds is 0. The van der Waals surface area contributed by atoms with Crippen molar-refractivity contribution in [3.8, 4) is 11.5 Å². The van der Waals surface area contributed by atoms with Crippen LogP contribution in [0.2, 0.25) is 32.1 Å². The van der Waals surface area contributed by atoms with Crippen molar-refractivity contribution in [3.63, 3.8) is 0 Å². The standard InChI is InChI=1S/C9H17B.C7H7BO2.C7H15BO2/c1-10-8-4-2-5-9(10)7-3-6-8;1-8-9-6-4-2-3-5-7(6)10-8;1-6(2)7(3,4)10-8(5)9-6/h8-9H,2-7H2,1H3;2-5H,1H3;1-5H3. The van der Waals surface area contributed by atoms with Crippen molar-refractivity contribution in [3.05, 3.63) is 24.3 Å². The molecule has 4 aliphatic heterocycles. The van der Waals surface area contributed by atoms with E-state index >= 15 is 0 Å². The molecule has 2 bridgehead atoms. The predicted octanol–water partition coefficient (Wildman–Crippen LogP) is 6.50. The van der Waals surface area contributed by atoms with Crippen LogP contribution in [0.3, 0.4) is 0 Å². The smallest absolute Gasteiger partial charge is 0.523 e. The van der Waals surface area contributed by atoms with Crippen LogP contribution < -0.4 is 9.31 Å². The van der Waals surface area contributed by atoms with Crippen LogP contribution in [0.1, 0.15) is 66.2 Å². The molecule has 5 rings (SSSR count). The average Bonchev–Trinajstić information content (AvgIpc) is 3.09. The molecule has 0 spiro atoms. The Bertz CT molecular complexity index is 634. The van der Waals surface area contributed by atoms with Crippen molar-refractivity contribution in [1.29, 1.82) is 0 Å². The molecule has 0 radical (unpaired) electrons. The molecule has 4 heterocycles. The molecule has 30 heavy (non-hydrogen) atoms. The maximum absolute atomic E-state index is 5.54. The lowest BCUT2D eigenvalue weighted by atomic mass is 9.29. The van der Waals surface area contributed by atoms with Crippen LogP contribution in [0, 0.1) is 0 Å². The number of fused-ring (bicyclic) bond motifs is 3. The molecule has 7 heteroatoms. The second-order valence-electron chi connectivity index (χ2n) is 10.3. The Hall–Kier alpha value is -1.07. The third-order valence-electron chi connectivity index (χ3n) is 7.59. The second kappa shape index (κ2) is 9.60. The molecule has 1 aromatic carbocycles. The van der Waals surface area contributed by atoms with Crippen molar-refractivity contribution in [2.75, 3.05) is 0 Å². The number of para-hydroxylation sites is 2. The molecule has 164 valence electrons. The van der Waals surface area contributed by atoms with Crippen molar-refractivity contribution in [1.82, 2.24) is 0 Å².